The zero-order chi connectivity index (χ0) is 23.8. The molecule has 0 saturated carbocycles. The van der Waals surface area contributed by atoms with Crippen LogP contribution in [0.25, 0.3) is 21.6 Å². The number of hydrogen-bond acceptors (Lipinski definition) is 13. The maximum absolute atomic E-state index is 12.4. The summed E-state index contributed by atoms with van der Waals surface area (Å²) < 4.78 is 17.9. The van der Waals surface area contributed by atoms with E-state index in [0.717, 1.165) is 11.8 Å². The van der Waals surface area contributed by atoms with E-state index in [2.05, 4.69) is 42.5 Å². The maximum atomic E-state index is 12.4. The van der Waals surface area contributed by atoms with Crippen LogP contribution in [0.4, 0.5) is 5.95 Å². The number of nitrogens with zero attached hydrogens (tertiary/aromatic N) is 6. The molecule has 0 bridgehead atoms. The van der Waals surface area contributed by atoms with E-state index in [0.29, 0.717) is 5.75 Å². The summed E-state index contributed by atoms with van der Waals surface area (Å²) in [6.07, 6.45) is -3.99. The number of aromatic amines is 1. The van der Waals surface area contributed by atoms with Crippen LogP contribution in [0.1, 0.15) is 6.23 Å². The van der Waals surface area contributed by atoms with Gasteiger partial charge in [0.2, 0.25) is 0 Å². The molecule has 2 saturated heterocycles. The number of nitrogen functional groups attached to an aromatic ring is 1. The quantitative estimate of drug-likeness (QED) is 0.0503. The zero-order valence-corrected chi connectivity index (χ0v) is 19.4. The van der Waals surface area contributed by atoms with Gasteiger partial charge in [0.1, 0.15) is 0 Å². The number of thiol groups is 1. The van der Waals surface area contributed by atoms with Crippen LogP contribution in [-0.2, 0) is 18.6 Å². The Morgan fingerprint density at radius 3 is 3.09 bits per heavy atom. The number of rotatable bonds is 7. The predicted molar refractivity (Wildman–Crippen MR) is 121 cm³/mol. The van der Waals surface area contributed by atoms with Crippen LogP contribution in [0.5, 0.6) is 0 Å². The minimum absolute atomic E-state index is 0.0259. The van der Waals surface area contributed by atoms with Crippen molar-refractivity contribution in [3.63, 3.8) is 0 Å². The number of carbonyl (C=O) groups excluding carboxylic acids is 1. The van der Waals surface area contributed by atoms with Crippen molar-refractivity contribution in [2.24, 2.45) is 5.11 Å². The van der Waals surface area contributed by atoms with Crippen molar-refractivity contribution < 1.29 is 28.6 Å². The number of aliphatic hydroxyl groups excluding tert-OH is 1. The summed E-state index contributed by atoms with van der Waals surface area (Å²) >= 11 is 5.13. The van der Waals surface area contributed by atoms with Gasteiger partial charge >= 0.3 is 179 Å². The average Bonchev–Trinajstić information content (AvgIpc) is 3.26. The molecule has 4 atom stereocenters. The van der Waals surface area contributed by atoms with Gasteiger partial charge in [0, 0.05) is 4.91 Å². The Balaban J connectivity index is 1.60. The number of thioether (sulfide) groups is 1. The van der Waals surface area contributed by atoms with Gasteiger partial charge in [-0.15, -0.1) is 0 Å². The Labute approximate surface area is 194 Å². The molecule has 180 valence electrons. The Kier molecular flexibility index (Phi) is 6.99. The molecule has 0 aromatic carbocycles. The SMILES string of the molecule is [N-]=[N+]=NCC(=O)NCCSc1nc2c(=O)[nH]c(N)nc2n1[C@@H]1OC2CO[PH](O)(S)O[C@H]2[C@@H]1O. The average molecular weight is 521 g/mol. The van der Waals surface area contributed by atoms with Crippen LogP contribution >= 0.6 is 31.2 Å². The number of hydrogen-bond donors (Lipinski definition) is 6. The van der Waals surface area contributed by atoms with Crippen LogP contribution in [0.15, 0.2) is 15.1 Å². The summed E-state index contributed by atoms with van der Waals surface area (Å²) in [5.74, 6) is -0.291. The zero-order valence-electron chi connectivity index (χ0n) is 16.7. The number of azide groups is 1. The Morgan fingerprint density at radius 1 is 1.55 bits per heavy atom. The first kappa shape index (κ1) is 24.0. The van der Waals surface area contributed by atoms with Gasteiger partial charge in [0.15, 0.2) is 0 Å². The molecular weight excluding hydrogens is 501 g/mol. The fourth-order valence-electron chi connectivity index (χ4n) is 3.41. The molecule has 2 aromatic heterocycles. The number of anilines is 1. The van der Waals surface area contributed by atoms with E-state index in [1.54, 1.807) is 0 Å². The number of H-pyrrole nitrogens is 1. The van der Waals surface area contributed by atoms with Crippen molar-refractivity contribution in [2.45, 2.75) is 29.7 Å². The summed E-state index contributed by atoms with van der Waals surface area (Å²) in [6, 6.07) is 0. The molecule has 16 nitrogen and oxygen atoms in total. The third kappa shape index (κ3) is 5.03. The number of amides is 1. The van der Waals surface area contributed by atoms with E-state index >= 15 is 0 Å². The van der Waals surface area contributed by atoms with Crippen LogP contribution in [0, 0.1) is 0 Å². The van der Waals surface area contributed by atoms with Gasteiger partial charge < -0.3 is 0 Å². The number of imidazole rings is 1. The number of aromatic nitrogens is 4. The molecule has 19 heteroatoms. The van der Waals surface area contributed by atoms with E-state index in [-0.39, 0.29) is 42.0 Å². The Hall–Kier alpha value is -2.14. The second-order valence-corrected chi connectivity index (χ2v) is 11.4. The molecular formula is C14H20N9O7PS2. The number of nitrogens with one attached hydrogen (secondary N) is 2. The van der Waals surface area contributed by atoms with Crippen LogP contribution in [-0.4, -0.2) is 79.2 Å². The van der Waals surface area contributed by atoms with E-state index < -0.39 is 43.2 Å². The molecule has 0 spiro atoms. The molecule has 2 fully saturated rings. The fraction of sp³-hybridized carbons (Fsp3) is 0.571. The van der Waals surface area contributed by atoms with Crippen LogP contribution in [0.3, 0.4) is 0 Å². The van der Waals surface area contributed by atoms with Crippen molar-refractivity contribution in [1.29, 1.82) is 0 Å². The van der Waals surface area contributed by atoms with E-state index in [9.17, 15) is 19.6 Å². The second-order valence-electron chi connectivity index (χ2n) is 6.97. The first-order valence-electron chi connectivity index (χ1n) is 9.48. The van der Waals surface area contributed by atoms with Crippen molar-refractivity contribution in [3.8, 4) is 0 Å². The monoisotopic (exact) mass is 521 g/mol. The topological polar surface area (TPSA) is 236 Å². The molecule has 1 unspecified atom stereocenters. The standard InChI is InChI=1S/C14H20N9O7PS2/c15-13-20-10-7(11(26)21-13)19-14(33-2-1-17-6(24)3-18-22-16)23(10)12-8(25)9-5(29-12)4-28-31(27,32)30-9/h5,8-9,12,25,27,31-32H,1-4H2,(H,17,24)(H3,15,20,21,26)/t5?,8-,9+,12+/m0/s1. The van der Waals surface area contributed by atoms with Gasteiger partial charge in [-0.2, -0.15) is 0 Å². The second kappa shape index (κ2) is 9.61. The third-order valence-corrected chi connectivity index (χ3v) is 7.54. The van der Waals surface area contributed by atoms with Crippen LogP contribution < -0.4 is 16.6 Å². The van der Waals surface area contributed by atoms with Crippen LogP contribution in [0.2, 0.25) is 0 Å². The third-order valence-electron chi connectivity index (χ3n) is 4.76. The number of carbonyl (C=O) groups is 1. The molecule has 6 N–H and O–H groups in total. The number of nitrogens with two attached hydrogens (primary N) is 1. The van der Waals surface area contributed by atoms with Crippen molar-refractivity contribution in [1.82, 2.24) is 24.8 Å². The molecule has 2 aliphatic heterocycles. The van der Waals surface area contributed by atoms with E-state index in [1.807, 2.05) is 0 Å². The summed E-state index contributed by atoms with van der Waals surface area (Å²) in [4.78, 5) is 47.3. The molecule has 2 aromatic rings. The molecule has 4 heterocycles. The van der Waals surface area contributed by atoms with Crippen molar-refractivity contribution in [2.75, 3.05) is 31.2 Å². The van der Waals surface area contributed by atoms with Crippen molar-refractivity contribution in [3.05, 3.63) is 20.8 Å². The molecule has 33 heavy (non-hydrogen) atoms. The summed E-state index contributed by atoms with van der Waals surface area (Å²) in [5, 5.41) is 16.9. The molecule has 2 aliphatic rings. The number of ether oxygens (including phenoxy) is 1. The van der Waals surface area contributed by atoms with Gasteiger partial charge in [0.25, 0.3) is 0 Å². The summed E-state index contributed by atoms with van der Waals surface area (Å²) in [5.41, 5.74) is 13.4. The van der Waals surface area contributed by atoms with Gasteiger partial charge in [-0.1, -0.05) is 5.11 Å². The first-order chi connectivity index (χ1) is 15.7. The predicted octanol–water partition coefficient (Wildman–Crippen LogP) is -0.774. The molecule has 0 aliphatic carbocycles. The summed E-state index contributed by atoms with van der Waals surface area (Å²) in [6.45, 7) is -0.174. The number of aliphatic hydroxyl groups is 1. The van der Waals surface area contributed by atoms with E-state index in [1.165, 1.54) is 4.57 Å². The molecule has 0 radical (unpaired) electrons. The van der Waals surface area contributed by atoms with Gasteiger partial charge in [-0.3, -0.25) is 0 Å². The normalized spacial score (nSPS) is 27.0. The Bertz CT molecular complexity index is 1170. The fourth-order valence-corrected chi connectivity index (χ4v) is 5.97. The summed E-state index contributed by atoms with van der Waals surface area (Å²) in [7, 11) is -3.70. The van der Waals surface area contributed by atoms with Crippen molar-refractivity contribution >= 4 is 54.2 Å². The Morgan fingerprint density at radius 2 is 2.33 bits per heavy atom. The molecule has 1 amide bonds. The van der Waals surface area contributed by atoms with Gasteiger partial charge in [0.05, 0.1) is 0 Å². The first-order valence-corrected chi connectivity index (χ1v) is 13.5. The molecule has 4 rings (SSSR count). The van der Waals surface area contributed by atoms with Gasteiger partial charge in [-0.05, 0) is 5.53 Å². The number of fused-ring (bicyclic) bond motifs is 2. The minimum atomic E-state index is -3.70. The van der Waals surface area contributed by atoms with E-state index in [4.69, 9.17) is 25.0 Å². The van der Waals surface area contributed by atoms with Gasteiger partial charge in [-0.25, -0.2) is 0 Å².